The lowest BCUT2D eigenvalue weighted by Crippen LogP contribution is -2.27. The van der Waals surface area contributed by atoms with E-state index < -0.39 is 0 Å². The van der Waals surface area contributed by atoms with E-state index in [1.165, 1.54) is 5.56 Å². The van der Waals surface area contributed by atoms with Crippen LogP contribution in [-0.4, -0.2) is 31.6 Å². The Kier molecular flexibility index (Phi) is 7.35. The predicted octanol–water partition coefficient (Wildman–Crippen LogP) is 3.48. The van der Waals surface area contributed by atoms with Gasteiger partial charge in [0.1, 0.15) is 0 Å². The summed E-state index contributed by atoms with van der Waals surface area (Å²) in [5.74, 6) is 1.92. The second-order valence-electron chi connectivity index (χ2n) is 5.29. The molecule has 2 aromatic carbocycles. The molecule has 1 unspecified atom stereocenters. The number of hydrogen-bond donors (Lipinski definition) is 1. The van der Waals surface area contributed by atoms with E-state index >= 15 is 0 Å². The Bertz CT molecular complexity index is 720. The van der Waals surface area contributed by atoms with Crippen molar-refractivity contribution in [2.24, 2.45) is 5.10 Å². The van der Waals surface area contributed by atoms with E-state index in [1.54, 1.807) is 44.3 Å². The standard InChI is InChI=1S/C19H22N2O3S/c1-14(25-13-15-7-5-4-6-8-15)19(22)21-20-12-16-9-10-17(23-2)18(11-16)24-3/h4-12,14H,13H2,1-3H3,(H,21,22)/b20-12+. The molecule has 2 rings (SSSR count). The van der Waals surface area contributed by atoms with Crippen molar-refractivity contribution in [3.05, 3.63) is 59.7 Å². The molecule has 0 fully saturated rings. The van der Waals surface area contributed by atoms with E-state index in [9.17, 15) is 4.79 Å². The highest BCUT2D eigenvalue weighted by atomic mass is 32.2. The number of methoxy groups -OCH3 is 2. The number of rotatable bonds is 8. The zero-order chi connectivity index (χ0) is 18.1. The van der Waals surface area contributed by atoms with Crippen molar-refractivity contribution in [2.45, 2.75) is 17.9 Å². The molecular weight excluding hydrogens is 336 g/mol. The normalized spacial score (nSPS) is 12.0. The average molecular weight is 358 g/mol. The topological polar surface area (TPSA) is 59.9 Å². The zero-order valence-electron chi connectivity index (χ0n) is 14.6. The van der Waals surface area contributed by atoms with Crippen molar-refractivity contribution in [2.75, 3.05) is 14.2 Å². The molecule has 25 heavy (non-hydrogen) atoms. The molecule has 0 bridgehead atoms. The summed E-state index contributed by atoms with van der Waals surface area (Å²) < 4.78 is 10.4. The van der Waals surface area contributed by atoms with Gasteiger partial charge in [0.2, 0.25) is 0 Å². The fourth-order valence-electron chi connectivity index (χ4n) is 2.07. The molecule has 1 amide bonds. The number of benzene rings is 2. The van der Waals surface area contributed by atoms with E-state index in [1.807, 2.05) is 43.3 Å². The first-order chi connectivity index (χ1) is 12.1. The van der Waals surface area contributed by atoms with Gasteiger partial charge in [-0.25, -0.2) is 5.43 Å². The first-order valence-corrected chi connectivity index (χ1v) is 8.89. The number of hydrazone groups is 1. The lowest BCUT2D eigenvalue weighted by atomic mass is 10.2. The molecule has 2 aromatic rings. The third-order valence-electron chi connectivity index (χ3n) is 3.51. The van der Waals surface area contributed by atoms with Gasteiger partial charge >= 0.3 is 0 Å². The minimum atomic E-state index is -0.192. The first kappa shape index (κ1) is 18.9. The largest absolute Gasteiger partial charge is 0.493 e. The Hall–Kier alpha value is -2.47. The summed E-state index contributed by atoms with van der Waals surface area (Å²) in [7, 11) is 3.16. The smallest absolute Gasteiger partial charge is 0.252 e. The molecule has 5 nitrogen and oxygen atoms in total. The highest BCUT2D eigenvalue weighted by Gasteiger charge is 2.12. The monoisotopic (exact) mass is 358 g/mol. The van der Waals surface area contributed by atoms with Gasteiger partial charge in [-0.3, -0.25) is 4.79 Å². The minimum Gasteiger partial charge on any atom is -0.493 e. The lowest BCUT2D eigenvalue weighted by molar-refractivity contribution is -0.120. The van der Waals surface area contributed by atoms with Gasteiger partial charge in [-0.05, 0) is 36.2 Å². The summed E-state index contributed by atoms with van der Waals surface area (Å²) in [6.07, 6.45) is 1.58. The van der Waals surface area contributed by atoms with Crippen LogP contribution in [0, 0.1) is 0 Å². The summed E-state index contributed by atoms with van der Waals surface area (Å²) >= 11 is 1.57. The van der Waals surface area contributed by atoms with Gasteiger partial charge < -0.3 is 9.47 Å². The van der Waals surface area contributed by atoms with Crippen molar-refractivity contribution in [1.29, 1.82) is 0 Å². The summed E-state index contributed by atoms with van der Waals surface area (Å²) in [6.45, 7) is 1.87. The highest BCUT2D eigenvalue weighted by Crippen LogP contribution is 2.26. The number of amides is 1. The molecule has 0 heterocycles. The van der Waals surface area contributed by atoms with Crippen LogP contribution >= 0.6 is 11.8 Å². The van der Waals surface area contributed by atoms with Gasteiger partial charge in [0, 0.05) is 5.75 Å². The average Bonchev–Trinajstić information content (AvgIpc) is 2.66. The summed E-state index contributed by atoms with van der Waals surface area (Å²) in [4.78, 5) is 12.1. The molecule has 1 atom stereocenters. The van der Waals surface area contributed by atoms with Gasteiger partial charge in [0.15, 0.2) is 11.5 Å². The molecule has 0 aliphatic heterocycles. The van der Waals surface area contributed by atoms with Crippen molar-refractivity contribution < 1.29 is 14.3 Å². The number of carbonyl (C=O) groups is 1. The number of ether oxygens (including phenoxy) is 2. The summed E-state index contributed by atoms with van der Waals surface area (Å²) in [6, 6.07) is 15.5. The van der Waals surface area contributed by atoms with Crippen LogP contribution in [0.15, 0.2) is 53.6 Å². The fraction of sp³-hybridized carbons (Fsp3) is 0.263. The Labute approximate surface area is 152 Å². The van der Waals surface area contributed by atoms with E-state index in [0.29, 0.717) is 11.5 Å². The maximum absolute atomic E-state index is 12.1. The second kappa shape index (κ2) is 9.74. The molecule has 0 aromatic heterocycles. The zero-order valence-corrected chi connectivity index (χ0v) is 15.4. The third-order valence-corrected chi connectivity index (χ3v) is 4.72. The van der Waals surface area contributed by atoms with Gasteiger partial charge in [-0.1, -0.05) is 30.3 Å². The molecule has 0 saturated carbocycles. The number of thioether (sulfide) groups is 1. The van der Waals surface area contributed by atoms with Crippen molar-refractivity contribution in [1.82, 2.24) is 5.43 Å². The molecule has 0 spiro atoms. The van der Waals surface area contributed by atoms with Crippen LogP contribution in [0.3, 0.4) is 0 Å². The minimum absolute atomic E-state index is 0.127. The lowest BCUT2D eigenvalue weighted by Gasteiger charge is -2.09. The Morgan fingerprint density at radius 3 is 2.56 bits per heavy atom. The number of nitrogens with one attached hydrogen (secondary N) is 1. The van der Waals surface area contributed by atoms with Gasteiger partial charge in [-0.15, -0.1) is 11.8 Å². The SMILES string of the molecule is COc1ccc(/C=N/NC(=O)C(C)SCc2ccccc2)cc1OC. The van der Waals surface area contributed by atoms with E-state index in [2.05, 4.69) is 10.5 Å². The van der Waals surface area contributed by atoms with Crippen molar-refractivity contribution in [3.8, 4) is 11.5 Å². The maximum Gasteiger partial charge on any atom is 0.252 e. The molecule has 0 aliphatic carbocycles. The van der Waals surface area contributed by atoms with Crippen molar-refractivity contribution in [3.63, 3.8) is 0 Å². The molecule has 0 saturated heterocycles. The van der Waals surface area contributed by atoms with Crippen LogP contribution < -0.4 is 14.9 Å². The molecule has 0 aliphatic rings. The third kappa shape index (κ3) is 5.83. The van der Waals surface area contributed by atoms with Gasteiger partial charge in [-0.2, -0.15) is 5.10 Å². The second-order valence-corrected chi connectivity index (χ2v) is 6.62. The van der Waals surface area contributed by atoms with Crippen LogP contribution in [0.4, 0.5) is 0 Å². The van der Waals surface area contributed by atoms with Crippen LogP contribution in [0.25, 0.3) is 0 Å². The predicted molar refractivity (Wildman–Crippen MR) is 102 cm³/mol. The number of hydrogen-bond acceptors (Lipinski definition) is 5. The Morgan fingerprint density at radius 1 is 1.16 bits per heavy atom. The number of nitrogens with zero attached hydrogens (tertiary/aromatic N) is 1. The number of carbonyl (C=O) groups excluding carboxylic acids is 1. The molecule has 6 heteroatoms. The molecule has 1 N–H and O–H groups in total. The van der Waals surface area contributed by atoms with Crippen LogP contribution in [0.1, 0.15) is 18.1 Å². The summed E-state index contributed by atoms with van der Waals surface area (Å²) in [5.41, 5.74) is 4.57. The van der Waals surface area contributed by atoms with Gasteiger partial charge in [0.25, 0.3) is 5.91 Å². The fourth-order valence-corrected chi connectivity index (χ4v) is 2.90. The molecule has 0 radical (unpaired) electrons. The van der Waals surface area contributed by atoms with Gasteiger partial charge in [0.05, 0.1) is 25.7 Å². The maximum atomic E-state index is 12.1. The Balaban J connectivity index is 1.85. The van der Waals surface area contributed by atoms with E-state index in [0.717, 1.165) is 11.3 Å². The van der Waals surface area contributed by atoms with Crippen LogP contribution in [-0.2, 0) is 10.5 Å². The molecule has 132 valence electrons. The quantitative estimate of drug-likeness (QED) is 0.580. The Morgan fingerprint density at radius 2 is 1.88 bits per heavy atom. The first-order valence-electron chi connectivity index (χ1n) is 7.84. The van der Waals surface area contributed by atoms with E-state index in [-0.39, 0.29) is 11.2 Å². The van der Waals surface area contributed by atoms with E-state index in [4.69, 9.17) is 9.47 Å². The molecular formula is C19H22N2O3S. The van der Waals surface area contributed by atoms with Crippen LogP contribution in [0.2, 0.25) is 0 Å². The van der Waals surface area contributed by atoms with Crippen molar-refractivity contribution >= 4 is 23.9 Å². The van der Waals surface area contributed by atoms with Crippen LogP contribution in [0.5, 0.6) is 11.5 Å². The summed E-state index contributed by atoms with van der Waals surface area (Å²) in [5, 5.41) is 3.82. The highest BCUT2D eigenvalue weighted by molar-refractivity contribution is 7.99.